The zero-order chi connectivity index (χ0) is 26.4. The monoisotopic (exact) mass is 536 g/mol. The van der Waals surface area contributed by atoms with Crippen molar-refractivity contribution >= 4 is 40.7 Å². The van der Waals surface area contributed by atoms with Crippen molar-refractivity contribution in [3.05, 3.63) is 127 Å². The Balaban J connectivity index is 1.46. The average Bonchev–Trinajstić information content (AvgIpc) is 2.89. The van der Waals surface area contributed by atoms with Gasteiger partial charge in [-0.1, -0.05) is 53.7 Å². The number of benzene rings is 4. The van der Waals surface area contributed by atoms with Gasteiger partial charge in [0.2, 0.25) is 0 Å². The van der Waals surface area contributed by atoms with Crippen molar-refractivity contribution < 1.29 is 24.1 Å². The second-order valence-corrected chi connectivity index (χ2v) is 8.98. The van der Waals surface area contributed by atoms with Gasteiger partial charge in [0.05, 0.1) is 20.4 Å². The van der Waals surface area contributed by atoms with Crippen molar-refractivity contribution in [3.8, 4) is 11.5 Å². The molecule has 0 fully saturated rings. The number of nitrogens with zero attached hydrogens (tertiary/aromatic N) is 2. The van der Waals surface area contributed by atoms with Crippen LogP contribution in [-0.2, 0) is 11.3 Å². The van der Waals surface area contributed by atoms with E-state index in [1.807, 2.05) is 0 Å². The first-order valence-corrected chi connectivity index (χ1v) is 11.9. The van der Waals surface area contributed by atoms with E-state index in [1.54, 1.807) is 54.6 Å². The first-order valence-electron chi connectivity index (χ1n) is 10.7. The van der Waals surface area contributed by atoms with Crippen molar-refractivity contribution in [3.63, 3.8) is 0 Å². The number of halogens is 1. The Labute approximate surface area is 219 Å². The fourth-order valence-electron chi connectivity index (χ4n) is 3.27. The molecule has 0 N–H and O–H groups in total. The zero-order valence-electron chi connectivity index (χ0n) is 18.9. The molecule has 0 saturated carbocycles. The Morgan fingerprint density at radius 3 is 2.30 bits per heavy atom. The largest absolute Gasteiger partial charge is 0.457 e. The van der Waals surface area contributed by atoms with Crippen LogP contribution in [-0.4, -0.2) is 15.8 Å². The van der Waals surface area contributed by atoms with E-state index in [2.05, 4.69) is 0 Å². The SMILES string of the molecule is O=C(OCc1cccc(Oc2ccc([N+](=O)[O-])cc2)c1)c1ccccc1Sc1c(Cl)cccc1[N+](=O)[O-]. The molecule has 0 atom stereocenters. The normalized spacial score (nSPS) is 10.5. The Kier molecular flexibility index (Phi) is 8.02. The highest BCUT2D eigenvalue weighted by molar-refractivity contribution is 7.99. The van der Waals surface area contributed by atoms with Gasteiger partial charge < -0.3 is 9.47 Å². The summed E-state index contributed by atoms with van der Waals surface area (Å²) in [5.41, 5.74) is 0.681. The maximum Gasteiger partial charge on any atom is 0.339 e. The van der Waals surface area contributed by atoms with Crippen molar-refractivity contribution in [1.29, 1.82) is 0 Å². The minimum atomic E-state index is -0.612. The molecule has 4 rings (SSSR count). The average molecular weight is 537 g/mol. The van der Waals surface area contributed by atoms with Gasteiger partial charge in [0.25, 0.3) is 11.4 Å². The fraction of sp³-hybridized carbons (Fsp3) is 0.0385. The van der Waals surface area contributed by atoms with Gasteiger partial charge >= 0.3 is 5.97 Å². The molecule has 0 saturated heterocycles. The van der Waals surface area contributed by atoms with E-state index in [0.29, 0.717) is 22.0 Å². The number of ether oxygens (including phenoxy) is 2. The van der Waals surface area contributed by atoms with E-state index in [4.69, 9.17) is 21.1 Å². The highest BCUT2D eigenvalue weighted by Gasteiger charge is 2.21. The molecule has 4 aromatic rings. The molecule has 186 valence electrons. The summed E-state index contributed by atoms with van der Waals surface area (Å²) in [6.45, 7) is -0.0540. The number of nitro benzene ring substituents is 2. The molecule has 0 aromatic heterocycles. The number of hydrogen-bond donors (Lipinski definition) is 0. The third kappa shape index (κ3) is 6.43. The lowest BCUT2D eigenvalue weighted by Gasteiger charge is -2.11. The van der Waals surface area contributed by atoms with Gasteiger partial charge in [0.15, 0.2) is 0 Å². The number of nitro groups is 2. The van der Waals surface area contributed by atoms with Gasteiger partial charge in [0, 0.05) is 23.1 Å². The van der Waals surface area contributed by atoms with Gasteiger partial charge in [-0.25, -0.2) is 4.79 Å². The number of carbonyl (C=O) groups is 1. The van der Waals surface area contributed by atoms with Crippen LogP contribution in [0.2, 0.25) is 5.02 Å². The Bertz CT molecular complexity index is 1480. The number of hydrogen-bond acceptors (Lipinski definition) is 8. The molecule has 0 aliphatic heterocycles. The van der Waals surface area contributed by atoms with Crippen LogP contribution in [0.5, 0.6) is 11.5 Å². The molecule has 0 heterocycles. The maximum atomic E-state index is 12.9. The first-order chi connectivity index (χ1) is 17.8. The Morgan fingerprint density at radius 1 is 0.838 bits per heavy atom. The summed E-state index contributed by atoms with van der Waals surface area (Å²) in [7, 11) is 0. The van der Waals surface area contributed by atoms with E-state index in [9.17, 15) is 25.0 Å². The summed E-state index contributed by atoms with van der Waals surface area (Å²) in [5.74, 6) is 0.267. The molecule has 11 heteroatoms. The summed E-state index contributed by atoms with van der Waals surface area (Å²) in [6.07, 6.45) is 0. The summed E-state index contributed by atoms with van der Waals surface area (Å²) in [6, 6.07) is 23.5. The van der Waals surface area contributed by atoms with Gasteiger partial charge in [-0.15, -0.1) is 0 Å². The summed E-state index contributed by atoms with van der Waals surface area (Å²) < 4.78 is 11.2. The molecule has 0 amide bonds. The van der Waals surface area contributed by atoms with Gasteiger partial charge in [-0.2, -0.15) is 0 Å². The van der Waals surface area contributed by atoms with Crippen molar-refractivity contribution in [1.82, 2.24) is 0 Å². The summed E-state index contributed by atoms with van der Waals surface area (Å²) in [5, 5.41) is 22.4. The minimum absolute atomic E-state index is 0.0457. The molecular weight excluding hydrogens is 520 g/mol. The van der Waals surface area contributed by atoms with Crippen molar-refractivity contribution in [2.45, 2.75) is 16.4 Å². The van der Waals surface area contributed by atoms with Crippen LogP contribution in [0.4, 0.5) is 11.4 Å². The Hall–Kier alpha value is -4.41. The lowest BCUT2D eigenvalue weighted by atomic mass is 10.2. The molecule has 4 aromatic carbocycles. The van der Waals surface area contributed by atoms with Crippen LogP contribution < -0.4 is 4.74 Å². The molecule has 0 aliphatic rings. The Morgan fingerprint density at radius 2 is 1.57 bits per heavy atom. The van der Waals surface area contributed by atoms with Gasteiger partial charge in [-0.3, -0.25) is 20.2 Å². The van der Waals surface area contributed by atoms with Gasteiger partial charge in [0.1, 0.15) is 23.0 Å². The quantitative estimate of drug-likeness (QED) is 0.123. The number of non-ortho nitro benzene ring substituents is 1. The molecule has 0 radical (unpaired) electrons. The van der Waals surface area contributed by atoms with E-state index in [1.165, 1.54) is 36.4 Å². The first kappa shape index (κ1) is 25.7. The lowest BCUT2D eigenvalue weighted by molar-refractivity contribution is -0.387. The van der Waals surface area contributed by atoms with Crippen LogP contribution in [0.1, 0.15) is 15.9 Å². The maximum absolute atomic E-state index is 12.9. The predicted octanol–water partition coefficient (Wildman–Crippen LogP) is 7.46. The lowest BCUT2D eigenvalue weighted by Crippen LogP contribution is -2.07. The topological polar surface area (TPSA) is 122 Å². The smallest absolute Gasteiger partial charge is 0.339 e. The van der Waals surface area contributed by atoms with Crippen LogP contribution in [0.15, 0.2) is 101 Å². The van der Waals surface area contributed by atoms with Crippen LogP contribution in [0.25, 0.3) is 0 Å². The van der Waals surface area contributed by atoms with E-state index < -0.39 is 15.8 Å². The van der Waals surface area contributed by atoms with Gasteiger partial charge in [-0.05, 0) is 48.0 Å². The third-order valence-corrected chi connectivity index (χ3v) is 6.65. The standard InChI is InChI=1S/C26H17ClN2O7S/c27-22-8-4-9-23(29(33)34)25(22)37-24-10-2-1-7-21(24)26(30)35-16-17-5-3-6-20(15-17)36-19-13-11-18(12-14-19)28(31)32/h1-15H,16H2. The molecule has 0 unspecified atom stereocenters. The van der Waals surface area contributed by atoms with E-state index in [-0.39, 0.29) is 33.5 Å². The third-order valence-electron chi connectivity index (χ3n) is 5.01. The summed E-state index contributed by atoms with van der Waals surface area (Å²) in [4.78, 5) is 34.8. The molecule has 0 bridgehead atoms. The summed E-state index contributed by atoms with van der Waals surface area (Å²) >= 11 is 7.22. The predicted molar refractivity (Wildman–Crippen MR) is 137 cm³/mol. The fourth-order valence-corrected chi connectivity index (χ4v) is 4.60. The number of carbonyl (C=O) groups excluding carboxylic acids is 1. The molecule has 0 aliphatic carbocycles. The molecule has 9 nitrogen and oxygen atoms in total. The van der Waals surface area contributed by atoms with Crippen molar-refractivity contribution in [2.24, 2.45) is 0 Å². The number of rotatable bonds is 9. The zero-order valence-corrected chi connectivity index (χ0v) is 20.5. The second-order valence-electron chi connectivity index (χ2n) is 7.52. The van der Waals surface area contributed by atoms with Crippen LogP contribution >= 0.6 is 23.4 Å². The van der Waals surface area contributed by atoms with Crippen LogP contribution in [0, 0.1) is 20.2 Å². The molecular formula is C26H17ClN2O7S. The molecule has 37 heavy (non-hydrogen) atoms. The minimum Gasteiger partial charge on any atom is -0.457 e. The van der Waals surface area contributed by atoms with Crippen LogP contribution in [0.3, 0.4) is 0 Å². The molecule has 0 spiro atoms. The highest BCUT2D eigenvalue weighted by atomic mass is 35.5. The number of esters is 1. The second kappa shape index (κ2) is 11.5. The van der Waals surface area contributed by atoms with Crippen molar-refractivity contribution in [2.75, 3.05) is 0 Å². The van der Waals surface area contributed by atoms with E-state index >= 15 is 0 Å². The van der Waals surface area contributed by atoms with E-state index in [0.717, 1.165) is 11.8 Å². The highest BCUT2D eigenvalue weighted by Crippen LogP contribution is 2.41.